The molecule has 0 aromatic heterocycles. The molecule has 0 unspecified atom stereocenters. The SMILES string of the molecule is Cc1ccc(S(=O)(=O)OI(c2ccccc2)c2cc(C(=O)c3ccc(Cl)cc3)ccc2[Si](C)(C)C)cc1. The predicted octanol–water partition coefficient (Wildman–Crippen LogP) is 7.29. The predicted molar refractivity (Wildman–Crippen MR) is 162 cm³/mol. The summed E-state index contributed by atoms with van der Waals surface area (Å²) in [5.41, 5.74) is 1.98. The molecule has 0 aliphatic carbocycles. The molecule has 0 N–H and O–H groups in total. The van der Waals surface area contributed by atoms with Crippen LogP contribution < -0.4 is 5.19 Å². The van der Waals surface area contributed by atoms with Crippen molar-refractivity contribution in [2.75, 3.05) is 0 Å². The zero-order valence-electron chi connectivity index (χ0n) is 21.0. The van der Waals surface area contributed by atoms with E-state index in [2.05, 4.69) is 19.6 Å². The summed E-state index contributed by atoms with van der Waals surface area (Å²) >= 11 is 2.98. The van der Waals surface area contributed by atoms with E-state index >= 15 is 0 Å². The first kappa shape index (κ1) is 27.7. The van der Waals surface area contributed by atoms with E-state index in [1.807, 2.05) is 55.5 Å². The molecule has 0 saturated heterocycles. The van der Waals surface area contributed by atoms with Crippen LogP contribution in [0, 0.1) is 14.1 Å². The topological polar surface area (TPSA) is 60.4 Å². The van der Waals surface area contributed by atoms with Crippen LogP contribution in [0.15, 0.2) is 102 Å². The number of hydrogen-bond donors (Lipinski definition) is 0. The Bertz CT molecular complexity index is 1520. The van der Waals surface area contributed by atoms with Crippen molar-refractivity contribution in [3.05, 3.63) is 126 Å². The summed E-state index contributed by atoms with van der Waals surface area (Å²) < 4.78 is 34.8. The van der Waals surface area contributed by atoms with Gasteiger partial charge < -0.3 is 0 Å². The van der Waals surface area contributed by atoms with Gasteiger partial charge in [-0.3, -0.25) is 0 Å². The summed E-state index contributed by atoms with van der Waals surface area (Å²) in [7, 11) is -5.98. The molecule has 0 spiro atoms. The number of halogens is 2. The molecule has 192 valence electrons. The maximum absolute atomic E-state index is 13.5. The second kappa shape index (κ2) is 11.2. The number of hydrogen-bond acceptors (Lipinski definition) is 4. The molecule has 0 saturated carbocycles. The van der Waals surface area contributed by atoms with Crippen LogP contribution in [0.5, 0.6) is 0 Å². The van der Waals surface area contributed by atoms with E-state index in [-0.39, 0.29) is 10.7 Å². The summed E-state index contributed by atoms with van der Waals surface area (Å²) in [5.74, 6) is -0.148. The maximum atomic E-state index is 13.5. The summed E-state index contributed by atoms with van der Waals surface area (Å²) in [5, 5.41) is 1.65. The Morgan fingerprint density at radius 3 is 2.00 bits per heavy atom. The normalized spacial score (nSPS) is 12.3. The van der Waals surface area contributed by atoms with Crippen LogP contribution in [-0.4, -0.2) is 22.3 Å². The Labute approximate surface area is 232 Å². The summed E-state index contributed by atoms with van der Waals surface area (Å²) in [6.07, 6.45) is 0. The molecule has 0 heterocycles. The molecule has 0 fully saturated rings. The van der Waals surface area contributed by atoms with Gasteiger partial charge >= 0.3 is 234 Å². The fourth-order valence-corrected chi connectivity index (χ4v) is 15.4. The molecule has 0 aliphatic rings. The van der Waals surface area contributed by atoms with Gasteiger partial charge in [-0.15, -0.1) is 0 Å². The van der Waals surface area contributed by atoms with Crippen molar-refractivity contribution in [1.29, 1.82) is 0 Å². The fraction of sp³-hybridized carbons (Fsp3) is 0.138. The average molecular weight is 663 g/mol. The van der Waals surface area contributed by atoms with E-state index in [0.29, 0.717) is 16.1 Å². The molecule has 0 atom stereocenters. The third kappa shape index (κ3) is 6.59. The van der Waals surface area contributed by atoms with Crippen molar-refractivity contribution in [2.45, 2.75) is 31.5 Å². The Morgan fingerprint density at radius 1 is 0.811 bits per heavy atom. The number of carbonyl (C=O) groups excluding carboxylic acids is 1. The van der Waals surface area contributed by atoms with Gasteiger partial charge in [0.15, 0.2) is 0 Å². The molecular weight excluding hydrogens is 635 g/mol. The molecule has 0 radical (unpaired) electrons. The molecule has 0 bridgehead atoms. The van der Waals surface area contributed by atoms with Crippen LogP contribution in [0.2, 0.25) is 24.7 Å². The second-order valence-corrected chi connectivity index (χ2v) is 21.5. The summed E-state index contributed by atoms with van der Waals surface area (Å²) in [4.78, 5) is 13.5. The number of benzene rings is 4. The Hall–Kier alpha value is -2.30. The second-order valence-electron chi connectivity index (χ2n) is 9.66. The molecule has 4 nitrogen and oxygen atoms in total. The molecule has 8 heteroatoms. The third-order valence-corrected chi connectivity index (χ3v) is 16.0. The zero-order chi connectivity index (χ0) is 26.8. The molecular formula is C29H28ClIO4SSi. The van der Waals surface area contributed by atoms with Crippen molar-refractivity contribution in [3.63, 3.8) is 0 Å². The number of rotatable bonds is 8. The van der Waals surface area contributed by atoms with Crippen molar-refractivity contribution < 1.29 is 15.7 Å². The van der Waals surface area contributed by atoms with Crippen LogP contribution in [0.3, 0.4) is 0 Å². The van der Waals surface area contributed by atoms with Gasteiger partial charge in [0.05, 0.1) is 0 Å². The molecule has 4 rings (SSSR count). The van der Waals surface area contributed by atoms with Crippen molar-refractivity contribution in [2.24, 2.45) is 0 Å². The zero-order valence-corrected chi connectivity index (χ0v) is 25.8. The van der Waals surface area contributed by atoms with Gasteiger partial charge in [-0.05, 0) is 0 Å². The first-order valence-electron chi connectivity index (χ1n) is 11.7. The van der Waals surface area contributed by atoms with Crippen LogP contribution in [0.1, 0.15) is 21.5 Å². The summed E-state index contributed by atoms with van der Waals surface area (Å²) in [6.45, 7) is 8.53. The van der Waals surface area contributed by atoms with E-state index in [1.165, 1.54) is 0 Å². The van der Waals surface area contributed by atoms with E-state index < -0.39 is 38.4 Å². The van der Waals surface area contributed by atoms with E-state index in [0.717, 1.165) is 17.9 Å². The number of aryl methyl sites for hydroxylation is 1. The van der Waals surface area contributed by atoms with E-state index in [9.17, 15) is 13.2 Å². The van der Waals surface area contributed by atoms with Gasteiger partial charge in [-0.25, -0.2) is 0 Å². The quantitative estimate of drug-likeness (QED) is 0.113. The first-order valence-corrected chi connectivity index (χ1v) is 20.0. The van der Waals surface area contributed by atoms with Crippen LogP contribution >= 0.6 is 31.8 Å². The van der Waals surface area contributed by atoms with Crippen molar-refractivity contribution in [3.8, 4) is 0 Å². The van der Waals surface area contributed by atoms with Gasteiger partial charge in [-0.1, -0.05) is 0 Å². The van der Waals surface area contributed by atoms with Gasteiger partial charge in [0.1, 0.15) is 0 Å². The minimum absolute atomic E-state index is 0.124. The molecule has 4 aromatic carbocycles. The van der Waals surface area contributed by atoms with Crippen molar-refractivity contribution >= 4 is 61.0 Å². The molecule has 0 aliphatic heterocycles. The van der Waals surface area contributed by atoms with Gasteiger partial charge in [-0.2, -0.15) is 0 Å². The monoisotopic (exact) mass is 662 g/mol. The van der Waals surface area contributed by atoms with E-state index in [1.54, 1.807) is 48.5 Å². The number of carbonyl (C=O) groups is 1. The molecule has 37 heavy (non-hydrogen) atoms. The fourth-order valence-electron chi connectivity index (χ4n) is 3.72. The number of ketones is 1. The summed E-state index contributed by atoms with van der Waals surface area (Å²) in [6, 6.07) is 28.6. The van der Waals surface area contributed by atoms with Gasteiger partial charge in [0.2, 0.25) is 0 Å². The minimum atomic E-state index is -4.04. The Kier molecular flexibility index (Phi) is 8.40. The van der Waals surface area contributed by atoms with Gasteiger partial charge in [0, 0.05) is 0 Å². The Morgan fingerprint density at radius 2 is 1.41 bits per heavy atom. The molecule has 0 amide bonds. The van der Waals surface area contributed by atoms with E-state index in [4.69, 9.17) is 14.1 Å². The molecule has 4 aromatic rings. The van der Waals surface area contributed by atoms with Crippen molar-refractivity contribution in [1.82, 2.24) is 0 Å². The Balaban J connectivity index is 1.88. The first-order chi connectivity index (χ1) is 17.5. The van der Waals surface area contributed by atoms with Gasteiger partial charge in [0.25, 0.3) is 0 Å². The average Bonchev–Trinajstić information content (AvgIpc) is 2.87. The van der Waals surface area contributed by atoms with Crippen LogP contribution in [-0.2, 0) is 12.6 Å². The third-order valence-electron chi connectivity index (χ3n) is 5.72. The van der Waals surface area contributed by atoms with Crippen LogP contribution in [0.25, 0.3) is 0 Å². The standard InChI is InChI=1S/C29H28ClIO4SSi/c1-21-10-17-26(18-11-21)36(33,34)35-31(25-8-6-5-7-9-25)27-20-23(14-19-28(27)37(2,3)4)29(32)22-12-15-24(30)16-13-22/h5-20H,1-4H3. The van der Waals surface area contributed by atoms with Crippen LogP contribution in [0.4, 0.5) is 0 Å².